The summed E-state index contributed by atoms with van der Waals surface area (Å²) >= 11 is 0. The van der Waals surface area contributed by atoms with Gasteiger partial charge < -0.3 is 15.4 Å². The number of hydrogen-bond acceptors (Lipinski definition) is 5. The Balaban J connectivity index is 1.74. The van der Waals surface area contributed by atoms with E-state index >= 15 is 0 Å². The quantitative estimate of drug-likeness (QED) is 0.758. The second-order valence-corrected chi connectivity index (χ2v) is 6.56. The molecule has 5 heteroatoms. The summed E-state index contributed by atoms with van der Waals surface area (Å²) in [7, 11) is 2.18. The minimum absolute atomic E-state index is 0.133. The van der Waals surface area contributed by atoms with Gasteiger partial charge in [-0.25, -0.2) is 0 Å². The van der Waals surface area contributed by atoms with Gasteiger partial charge in [-0.2, -0.15) is 0 Å². The first-order chi connectivity index (χ1) is 9.01. The Morgan fingerprint density at radius 1 is 1.16 bits per heavy atom. The maximum atomic E-state index is 5.86. The van der Waals surface area contributed by atoms with Crippen molar-refractivity contribution < 1.29 is 4.74 Å². The third kappa shape index (κ3) is 4.13. The zero-order chi connectivity index (χ0) is 13.9. The van der Waals surface area contributed by atoms with Gasteiger partial charge in [-0.15, -0.1) is 0 Å². The van der Waals surface area contributed by atoms with Crippen LogP contribution in [0.5, 0.6) is 0 Å². The molecule has 0 bridgehead atoms. The van der Waals surface area contributed by atoms with E-state index in [4.69, 9.17) is 10.5 Å². The van der Waals surface area contributed by atoms with Crippen LogP contribution in [-0.2, 0) is 4.74 Å². The van der Waals surface area contributed by atoms with E-state index in [1.807, 2.05) is 0 Å². The summed E-state index contributed by atoms with van der Waals surface area (Å²) in [5.74, 6) is 0. The summed E-state index contributed by atoms with van der Waals surface area (Å²) in [5, 5.41) is 0. The Hall–Kier alpha value is -0.200. The van der Waals surface area contributed by atoms with E-state index in [0.717, 1.165) is 59.0 Å². The Kier molecular flexibility index (Phi) is 5.20. The number of ether oxygens (including phenoxy) is 1. The molecule has 2 fully saturated rings. The molecule has 2 aliphatic rings. The first kappa shape index (κ1) is 15.2. The van der Waals surface area contributed by atoms with Crippen LogP contribution in [-0.4, -0.2) is 92.4 Å². The monoisotopic (exact) mass is 270 g/mol. The summed E-state index contributed by atoms with van der Waals surface area (Å²) in [6.07, 6.45) is 0.382. The van der Waals surface area contributed by atoms with E-state index in [1.54, 1.807) is 0 Å². The van der Waals surface area contributed by atoms with E-state index < -0.39 is 0 Å². The molecule has 2 aliphatic heterocycles. The second-order valence-electron chi connectivity index (χ2n) is 6.56. The summed E-state index contributed by atoms with van der Waals surface area (Å²) < 4.78 is 5.85. The van der Waals surface area contributed by atoms with Crippen molar-refractivity contribution in [1.82, 2.24) is 14.7 Å². The Labute approximate surface area is 117 Å². The van der Waals surface area contributed by atoms with Gasteiger partial charge in [0, 0.05) is 57.9 Å². The highest BCUT2D eigenvalue weighted by molar-refractivity contribution is 4.87. The molecule has 0 aromatic carbocycles. The number of likely N-dealkylation sites (N-methyl/N-ethyl adjacent to an activating group) is 1. The molecule has 19 heavy (non-hydrogen) atoms. The zero-order valence-electron chi connectivity index (χ0n) is 12.8. The molecule has 0 aliphatic carbocycles. The fraction of sp³-hybridized carbons (Fsp3) is 1.00. The zero-order valence-corrected chi connectivity index (χ0v) is 12.8. The average Bonchev–Trinajstić information content (AvgIpc) is 2.39. The van der Waals surface area contributed by atoms with Gasteiger partial charge in [0.05, 0.1) is 12.7 Å². The van der Waals surface area contributed by atoms with Gasteiger partial charge in [-0.05, 0) is 20.9 Å². The van der Waals surface area contributed by atoms with Crippen molar-refractivity contribution in [2.45, 2.75) is 25.5 Å². The fourth-order valence-corrected chi connectivity index (χ4v) is 2.93. The van der Waals surface area contributed by atoms with Crippen LogP contribution in [0, 0.1) is 0 Å². The van der Waals surface area contributed by atoms with Crippen LogP contribution in [0.15, 0.2) is 0 Å². The average molecular weight is 270 g/mol. The molecule has 0 aromatic heterocycles. The number of nitrogens with two attached hydrogens (primary N) is 1. The lowest BCUT2D eigenvalue weighted by molar-refractivity contribution is -0.0453. The smallest absolute Gasteiger partial charge is 0.0829 e. The lowest BCUT2D eigenvalue weighted by Crippen LogP contribution is -2.58. The van der Waals surface area contributed by atoms with Crippen molar-refractivity contribution in [3.63, 3.8) is 0 Å². The summed E-state index contributed by atoms with van der Waals surface area (Å²) in [6, 6.07) is 0. The maximum absolute atomic E-state index is 5.86. The van der Waals surface area contributed by atoms with Crippen LogP contribution >= 0.6 is 0 Å². The molecule has 5 nitrogen and oxygen atoms in total. The van der Waals surface area contributed by atoms with E-state index in [9.17, 15) is 0 Å². The van der Waals surface area contributed by atoms with Gasteiger partial charge in [0.25, 0.3) is 0 Å². The Bertz CT molecular complexity index is 277. The number of hydrogen-bond donors (Lipinski definition) is 1. The lowest BCUT2D eigenvalue weighted by Gasteiger charge is -2.44. The number of rotatable bonds is 4. The standard InChI is InChI=1S/C14H30N4O/c1-14(2,12-15)18-6-4-17(5-7-18)11-13-10-16(3)8-9-19-13/h13H,4-12,15H2,1-3H3. The normalized spacial score (nSPS) is 28.7. The van der Waals surface area contributed by atoms with E-state index in [0.29, 0.717) is 6.10 Å². The molecule has 2 rings (SSSR count). The number of morpholine rings is 1. The minimum atomic E-state index is 0.133. The highest BCUT2D eigenvalue weighted by Gasteiger charge is 2.30. The highest BCUT2D eigenvalue weighted by atomic mass is 16.5. The molecule has 0 aromatic rings. The molecule has 2 saturated heterocycles. The predicted molar refractivity (Wildman–Crippen MR) is 78.4 cm³/mol. The third-order valence-electron chi connectivity index (χ3n) is 4.53. The van der Waals surface area contributed by atoms with Crippen LogP contribution in [0.2, 0.25) is 0 Å². The molecule has 0 saturated carbocycles. The minimum Gasteiger partial charge on any atom is -0.374 e. The van der Waals surface area contributed by atoms with Crippen LogP contribution in [0.3, 0.4) is 0 Å². The summed E-state index contributed by atoms with van der Waals surface area (Å²) in [4.78, 5) is 7.41. The molecule has 112 valence electrons. The molecular weight excluding hydrogens is 240 g/mol. The predicted octanol–water partition coefficient (Wildman–Crippen LogP) is -0.328. The molecule has 2 N–H and O–H groups in total. The van der Waals surface area contributed by atoms with Gasteiger partial charge in [0.2, 0.25) is 0 Å². The number of nitrogens with zero attached hydrogens (tertiary/aromatic N) is 3. The maximum Gasteiger partial charge on any atom is 0.0829 e. The van der Waals surface area contributed by atoms with Crippen molar-refractivity contribution in [2.24, 2.45) is 5.73 Å². The van der Waals surface area contributed by atoms with E-state index in [2.05, 4.69) is 35.6 Å². The Morgan fingerprint density at radius 2 is 1.84 bits per heavy atom. The van der Waals surface area contributed by atoms with Crippen molar-refractivity contribution >= 4 is 0 Å². The van der Waals surface area contributed by atoms with Gasteiger partial charge in [0.1, 0.15) is 0 Å². The first-order valence-corrected chi connectivity index (χ1v) is 7.49. The van der Waals surface area contributed by atoms with Crippen molar-refractivity contribution in [3.8, 4) is 0 Å². The van der Waals surface area contributed by atoms with Crippen molar-refractivity contribution in [2.75, 3.05) is 66.0 Å². The topological polar surface area (TPSA) is 45.0 Å². The first-order valence-electron chi connectivity index (χ1n) is 7.49. The van der Waals surface area contributed by atoms with E-state index in [-0.39, 0.29) is 5.54 Å². The van der Waals surface area contributed by atoms with Crippen LogP contribution < -0.4 is 5.73 Å². The highest BCUT2D eigenvalue weighted by Crippen LogP contribution is 2.16. The van der Waals surface area contributed by atoms with Gasteiger partial charge in [0.15, 0.2) is 0 Å². The third-order valence-corrected chi connectivity index (χ3v) is 4.53. The van der Waals surface area contributed by atoms with Crippen molar-refractivity contribution in [1.29, 1.82) is 0 Å². The molecule has 2 heterocycles. The summed E-state index contributed by atoms with van der Waals surface area (Å²) in [6.45, 7) is 13.8. The lowest BCUT2D eigenvalue weighted by atomic mass is 10.0. The largest absolute Gasteiger partial charge is 0.374 e. The van der Waals surface area contributed by atoms with Crippen LogP contribution in [0.4, 0.5) is 0 Å². The molecule has 0 radical (unpaired) electrons. The summed E-state index contributed by atoms with van der Waals surface area (Å²) in [5.41, 5.74) is 5.99. The van der Waals surface area contributed by atoms with Crippen LogP contribution in [0.25, 0.3) is 0 Å². The second kappa shape index (κ2) is 6.50. The van der Waals surface area contributed by atoms with Gasteiger partial charge in [-0.1, -0.05) is 0 Å². The molecule has 0 spiro atoms. The number of piperazine rings is 1. The Morgan fingerprint density at radius 3 is 2.42 bits per heavy atom. The fourth-order valence-electron chi connectivity index (χ4n) is 2.93. The van der Waals surface area contributed by atoms with Gasteiger partial charge >= 0.3 is 0 Å². The van der Waals surface area contributed by atoms with Crippen molar-refractivity contribution in [3.05, 3.63) is 0 Å². The molecule has 1 unspecified atom stereocenters. The van der Waals surface area contributed by atoms with E-state index in [1.165, 1.54) is 0 Å². The molecule has 1 atom stereocenters. The molecule has 0 amide bonds. The molecular formula is C14H30N4O. The van der Waals surface area contributed by atoms with Crippen LogP contribution in [0.1, 0.15) is 13.8 Å². The van der Waals surface area contributed by atoms with Gasteiger partial charge in [-0.3, -0.25) is 9.80 Å². The SMILES string of the molecule is CN1CCOC(CN2CCN(C(C)(C)CN)CC2)C1.